The lowest BCUT2D eigenvalue weighted by atomic mass is 10.2. The van der Waals surface area contributed by atoms with E-state index in [1.807, 2.05) is 30.3 Å². The predicted octanol–water partition coefficient (Wildman–Crippen LogP) is 2.89. The SMILES string of the molecule is COC(=O)C(Cl)=C1CC1COCc1ccccc1. The number of carbonyl (C=O) groups is 1. The van der Waals surface area contributed by atoms with Crippen LogP contribution in [0, 0.1) is 5.92 Å². The summed E-state index contributed by atoms with van der Waals surface area (Å²) < 4.78 is 10.2. The molecule has 0 N–H and O–H groups in total. The van der Waals surface area contributed by atoms with Gasteiger partial charge in [0.1, 0.15) is 5.03 Å². The molecule has 0 aliphatic heterocycles. The van der Waals surface area contributed by atoms with Crippen molar-refractivity contribution in [3.05, 3.63) is 46.5 Å². The molecule has 4 heteroatoms. The molecule has 0 bridgehead atoms. The largest absolute Gasteiger partial charge is 0.465 e. The second-order valence-corrected chi connectivity index (χ2v) is 4.61. The first-order valence-corrected chi connectivity index (χ1v) is 6.18. The molecule has 1 aliphatic rings. The number of esters is 1. The van der Waals surface area contributed by atoms with Gasteiger partial charge in [-0.05, 0) is 17.6 Å². The zero-order chi connectivity index (χ0) is 13.0. The summed E-state index contributed by atoms with van der Waals surface area (Å²) in [5, 5.41) is 0.214. The van der Waals surface area contributed by atoms with Crippen LogP contribution in [-0.4, -0.2) is 19.7 Å². The number of ether oxygens (including phenoxy) is 2. The quantitative estimate of drug-likeness (QED) is 0.607. The predicted molar refractivity (Wildman–Crippen MR) is 69.1 cm³/mol. The Morgan fingerprint density at radius 1 is 1.39 bits per heavy atom. The molecule has 0 radical (unpaired) electrons. The van der Waals surface area contributed by atoms with Gasteiger partial charge in [-0.25, -0.2) is 4.79 Å². The van der Waals surface area contributed by atoms with Gasteiger partial charge in [0.2, 0.25) is 0 Å². The number of halogens is 1. The molecule has 1 atom stereocenters. The van der Waals surface area contributed by atoms with E-state index in [0.29, 0.717) is 13.2 Å². The molecule has 1 saturated carbocycles. The molecule has 1 aromatic carbocycles. The molecular formula is C14H15ClO3. The van der Waals surface area contributed by atoms with Crippen molar-refractivity contribution in [2.75, 3.05) is 13.7 Å². The van der Waals surface area contributed by atoms with Gasteiger partial charge < -0.3 is 9.47 Å². The Labute approximate surface area is 111 Å². The summed E-state index contributed by atoms with van der Waals surface area (Å²) in [4.78, 5) is 11.2. The van der Waals surface area contributed by atoms with E-state index in [0.717, 1.165) is 17.6 Å². The van der Waals surface area contributed by atoms with E-state index in [-0.39, 0.29) is 11.0 Å². The van der Waals surface area contributed by atoms with E-state index < -0.39 is 5.97 Å². The number of carbonyl (C=O) groups excluding carboxylic acids is 1. The monoisotopic (exact) mass is 266 g/mol. The van der Waals surface area contributed by atoms with Gasteiger partial charge in [-0.15, -0.1) is 0 Å². The maximum absolute atomic E-state index is 11.2. The first-order chi connectivity index (χ1) is 8.72. The minimum atomic E-state index is -0.461. The van der Waals surface area contributed by atoms with Crippen LogP contribution in [0.25, 0.3) is 0 Å². The minimum Gasteiger partial charge on any atom is -0.465 e. The average Bonchev–Trinajstić information content (AvgIpc) is 3.18. The first kappa shape index (κ1) is 13.1. The van der Waals surface area contributed by atoms with Crippen molar-refractivity contribution in [2.45, 2.75) is 13.0 Å². The third-order valence-electron chi connectivity index (χ3n) is 2.88. The number of hydrogen-bond acceptors (Lipinski definition) is 3. The van der Waals surface area contributed by atoms with E-state index in [9.17, 15) is 4.79 Å². The van der Waals surface area contributed by atoms with Gasteiger partial charge in [-0.2, -0.15) is 0 Å². The van der Waals surface area contributed by atoms with Crippen molar-refractivity contribution in [1.82, 2.24) is 0 Å². The van der Waals surface area contributed by atoms with Gasteiger partial charge in [-0.3, -0.25) is 0 Å². The summed E-state index contributed by atoms with van der Waals surface area (Å²) in [6.07, 6.45) is 0.822. The molecule has 0 amide bonds. The summed E-state index contributed by atoms with van der Waals surface area (Å²) in [5.74, 6) is -0.197. The number of benzene rings is 1. The summed E-state index contributed by atoms with van der Waals surface area (Å²) in [6.45, 7) is 1.18. The Bertz CT molecular complexity index is 453. The second kappa shape index (κ2) is 6.03. The molecule has 2 rings (SSSR count). The Morgan fingerprint density at radius 3 is 2.78 bits per heavy atom. The first-order valence-electron chi connectivity index (χ1n) is 5.81. The Morgan fingerprint density at radius 2 is 2.11 bits per heavy atom. The van der Waals surface area contributed by atoms with Crippen LogP contribution in [0.5, 0.6) is 0 Å². The summed E-state index contributed by atoms with van der Waals surface area (Å²) in [5.41, 5.74) is 2.08. The van der Waals surface area contributed by atoms with Crippen molar-refractivity contribution in [2.24, 2.45) is 5.92 Å². The zero-order valence-electron chi connectivity index (χ0n) is 10.2. The second-order valence-electron chi connectivity index (χ2n) is 4.23. The maximum Gasteiger partial charge on any atom is 0.349 e. The highest BCUT2D eigenvalue weighted by atomic mass is 35.5. The van der Waals surface area contributed by atoms with Crippen LogP contribution in [0.1, 0.15) is 12.0 Å². The summed E-state index contributed by atoms with van der Waals surface area (Å²) >= 11 is 5.87. The highest BCUT2D eigenvalue weighted by molar-refractivity contribution is 6.41. The smallest absolute Gasteiger partial charge is 0.349 e. The van der Waals surface area contributed by atoms with Crippen LogP contribution in [0.2, 0.25) is 0 Å². The third kappa shape index (κ3) is 3.34. The third-order valence-corrected chi connectivity index (χ3v) is 3.27. The fourth-order valence-electron chi connectivity index (χ4n) is 1.75. The van der Waals surface area contributed by atoms with Crippen molar-refractivity contribution in [1.29, 1.82) is 0 Å². The van der Waals surface area contributed by atoms with Crippen LogP contribution >= 0.6 is 11.6 Å². The molecule has 1 aromatic rings. The van der Waals surface area contributed by atoms with E-state index in [2.05, 4.69) is 4.74 Å². The van der Waals surface area contributed by atoms with Gasteiger partial charge in [0, 0.05) is 5.92 Å². The molecule has 18 heavy (non-hydrogen) atoms. The number of methoxy groups -OCH3 is 1. The number of rotatable bonds is 5. The van der Waals surface area contributed by atoms with Crippen molar-refractivity contribution in [3.63, 3.8) is 0 Å². The van der Waals surface area contributed by atoms with Gasteiger partial charge in [0.25, 0.3) is 0 Å². The molecule has 0 heterocycles. The van der Waals surface area contributed by atoms with Crippen LogP contribution < -0.4 is 0 Å². The molecule has 1 aliphatic carbocycles. The van der Waals surface area contributed by atoms with Crippen LogP contribution in [0.4, 0.5) is 0 Å². The zero-order valence-corrected chi connectivity index (χ0v) is 10.9. The fourth-order valence-corrected chi connectivity index (χ4v) is 2.06. The maximum atomic E-state index is 11.2. The lowest BCUT2D eigenvalue weighted by Gasteiger charge is -2.02. The van der Waals surface area contributed by atoms with Crippen molar-refractivity contribution < 1.29 is 14.3 Å². The van der Waals surface area contributed by atoms with Gasteiger partial charge in [-0.1, -0.05) is 41.9 Å². The van der Waals surface area contributed by atoms with Gasteiger partial charge >= 0.3 is 5.97 Å². The molecule has 0 aromatic heterocycles. The molecule has 96 valence electrons. The molecule has 0 saturated heterocycles. The Balaban J connectivity index is 1.76. The van der Waals surface area contributed by atoms with E-state index in [1.165, 1.54) is 7.11 Å². The van der Waals surface area contributed by atoms with Gasteiger partial charge in [0.15, 0.2) is 0 Å². The molecule has 1 fully saturated rings. The normalized spacial score (nSPS) is 20.4. The topological polar surface area (TPSA) is 35.5 Å². The standard InChI is InChI=1S/C14H15ClO3/c1-17-14(16)13(15)12-7-11(12)9-18-8-10-5-3-2-4-6-10/h2-6,11H,7-9H2,1H3. The molecular weight excluding hydrogens is 252 g/mol. The highest BCUT2D eigenvalue weighted by Crippen LogP contribution is 2.42. The average molecular weight is 267 g/mol. The highest BCUT2D eigenvalue weighted by Gasteiger charge is 2.35. The van der Waals surface area contributed by atoms with Crippen LogP contribution in [0.15, 0.2) is 40.9 Å². The summed E-state index contributed by atoms with van der Waals surface area (Å²) in [6, 6.07) is 9.97. The van der Waals surface area contributed by atoms with E-state index >= 15 is 0 Å². The summed E-state index contributed by atoms with van der Waals surface area (Å²) in [7, 11) is 1.33. The van der Waals surface area contributed by atoms with Crippen LogP contribution in [-0.2, 0) is 20.9 Å². The lowest BCUT2D eigenvalue weighted by molar-refractivity contribution is -0.135. The molecule has 3 nitrogen and oxygen atoms in total. The Kier molecular flexibility index (Phi) is 4.39. The minimum absolute atomic E-state index is 0.214. The van der Waals surface area contributed by atoms with Crippen molar-refractivity contribution in [3.8, 4) is 0 Å². The van der Waals surface area contributed by atoms with E-state index in [1.54, 1.807) is 0 Å². The van der Waals surface area contributed by atoms with Crippen LogP contribution in [0.3, 0.4) is 0 Å². The number of hydrogen-bond donors (Lipinski definition) is 0. The Hall–Kier alpha value is -1.32. The van der Waals surface area contributed by atoms with E-state index in [4.69, 9.17) is 16.3 Å². The van der Waals surface area contributed by atoms with Gasteiger partial charge in [0.05, 0.1) is 20.3 Å². The van der Waals surface area contributed by atoms with Crippen molar-refractivity contribution >= 4 is 17.6 Å². The lowest BCUT2D eigenvalue weighted by Crippen LogP contribution is -2.01. The molecule has 1 unspecified atom stereocenters. The fraction of sp³-hybridized carbons (Fsp3) is 0.357. The molecule has 0 spiro atoms.